The molecule has 0 unspecified atom stereocenters. The van der Waals surface area contributed by atoms with E-state index in [4.69, 9.17) is 9.47 Å². The van der Waals surface area contributed by atoms with E-state index in [0.29, 0.717) is 6.61 Å². The van der Waals surface area contributed by atoms with Crippen LogP contribution < -0.4 is 5.32 Å². The summed E-state index contributed by atoms with van der Waals surface area (Å²) in [5.74, 6) is 0.193. The number of alkyl carbamates (subject to hydrolysis) is 1. The SMILES string of the molecule is CCOC(=O)n1ccc([C@H]2CC[C@@H](OC(=O)NC(C)(C)C)C2)n1. The highest BCUT2D eigenvalue weighted by Gasteiger charge is 2.31. The molecule has 7 heteroatoms. The number of ether oxygens (including phenoxy) is 2. The first-order chi connectivity index (χ1) is 10.8. The lowest BCUT2D eigenvalue weighted by Gasteiger charge is -2.22. The van der Waals surface area contributed by atoms with Gasteiger partial charge in [0.15, 0.2) is 0 Å². The summed E-state index contributed by atoms with van der Waals surface area (Å²) in [5, 5.41) is 7.06. The Kier molecular flexibility index (Phi) is 5.28. The first-order valence-corrected chi connectivity index (χ1v) is 8.00. The lowest BCUT2D eigenvalue weighted by Crippen LogP contribution is -2.42. The zero-order valence-electron chi connectivity index (χ0n) is 14.2. The minimum absolute atomic E-state index is 0.116. The number of nitrogens with zero attached hydrogens (tertiary/aromatic N) is 2. The smallest absolute Gasteiger partial charge is 0.434 e. The summed E-state index contributed by atoms with van der Waals surface area (Å²) in [6.45, 7) is 7.80. The van der Waals surface area contributed by atoms with Crippen LogP contribution in [0.25, 0.3) is 0 Å². The van der Waals surface area contributed by atoms with E-state index in [-0.39, 0.29) is 23.7 Å². The molecule has 0 aromatic carbocycles. The summed E-state index contributed by atoms with van der Waals surface area (Å²) in [6, 6.07) is 1.82. The Morgan fingerprint density at radius 3 is 2.78 bits per heavy atom. The van der Waals surface area contributed by atoms with Crippen molar-refractivity contribution in [2.24, 2.45) is 0 Å². The molecule has 1 saturated carbocycles. The standard InChI is InChI=1S/C16H25N3O4/c1-5-22-15(21)19-9-8-13(18-19)11-6-7-12(10-11)23-14(20)17-16(2,3)4/h8-9,11-12H,5-7,10H2,1-4H3,(H,17,20)/t11-,12+/m0/s1. The molecule has 1 N–H and O–H groups in total. The molecule has 1 heterocycles. The van der Waals surface area contributed by atoms with Gasteiger partial charge in [-0.05, 0) is 53.0 Å². The summed E-state index contributed by atoms with van der Waals surface area (Å²) in [5.41, 5.74) is 0.522. The lowest BCUT2D eigenvalue weighted by molar-refractivity contribution is 0.0936. The second kappa shape index (κ2) is 7.02. The average molecular weight is 323 g/mol. The molecule has 1 aliphatic rings. The van der Waals surface area contributed by atoms with Gasteiger partial charge in [-0.25, -0.2) is 9.59 Å². The number of aromatic nitrogens is 2. The third-order valence-corrected chi connectivity index (χ3v) is 3.62. The van der Waals surface area contributed by atoms with E-state index in [0.717, 1.165) is 25.0 Å². The van der Waals surface area contributed by atoms with Crippen molar-refractivity contribution < 1.29 is 19.1 Å². The molecule has 128 valence electrons. The normalized spacial score (nSPS) is 21.0. The van der Waals surface area contributed by atoms with Gasteiger partial charge in [0.25, 0.3) is 0 Å². The van der Waals surface area contributed by atoms with Gasteiger partial charge in [-0.1, -0.05) is 0 Å². The maximum atomic E-state index is 11.8. The second-order valence-electron chi connectivity index (χ2n) is 6.80. The predicted molar refractivity (Wildman–Crippen MR) is 84.4 cm³/mol. The molecule has 1 aromatic rings. The molecule has 1 amide bonds. The van der Waals surface area contributed by atoms with Gasteiger partial charge in [-0.2, -0.15) is 9.78 Å². The Hall–Kier alpha value is -2.05. The van der Waals surface area contributed by atoms with Gasteiger partial charge in [0.2, 0.25) is 0 Å². The van der Waals surface area contributed by atoms with Crippen LogP contribution in [0, 0.1) is 0 Å². The van der Waals surface area contributed by atoms with Gasteiger partial charge in [0.1, 0.15) is 6.10 Å². The van der Waals surface area contributed by atoms with Crippen LogP contribution in [0.4, 0.5) is 9.59 Å². The summed E-state index contributed by atoms with van der Waals surface area (Å²) >= 11 is 0. The molecule has 1 fully saturated rings. The summed E-state index contributed by atoms with van der Waals surface area (Å²) in [6.07, 6.45) is 3.02. The van der Waals surface area contributed by atoms with E-state index in [1.54, 1.807) is 13.1 Å². The van der Waals surface area contributed by atoms with E-state index in [9.17, 15) is 9.59 Å². The van der Waals surface area contributed by atoms with Gasteiger partial charge in [-0.15, -0.1) is 0 Å². The molecule has 0 radical (unpaired) electrons. The van der Waals surface area contributed by atoms with Crippen molar-refractivity contribution in [1.82, 2.24) is 15.1 Å². The Labute approximate surface area is 136 Å². The highest BCUT2D eigenvalue weighted by Crippen LogP contribution is 2.35. The van der Waals surface area contributed by atoms with Crippen molar-refractivity contribution in [2.75, 3.05) is 6.61 Å². The third-order valence-electron chi connectivity index (χ3n) is 3.62. The molecule has 2 atom stereocenters. The molecule has 23 heavy (non-hydrogen) atoms. The minimum Gasteiger partial charge on any atom is -0.448 e. The highest BCUT2D eigenvalue weighted by molar-refractivity contribution is 5.69. The number of nitrogens with one attached hydrogen (secondary N) is 1. The van der Waals surface area contributed by atoms with E-state index < -0.39 is 6.09 Å². The van der Waals surface area contributed by atoms with Crippen molar-refractivity contribution in [3.8, 4) is 0 Å². The van der Waals surface area contributed by atoms with Crippen LogP contribution in [0.5, 0.6) is 0 Å². The molecule has 0 saturated heterocycles. The molecule has 1 aliphatic carbocycles. The van der Waals surface area contributed by atoms with Gasteiger partial charge in [-0.3, -0.25) is 0 Å². The maximum Gasteiger partial charge on any atom is 0.434 e. The predicted octanol–water partition coefficient (Wildman–Crippen LogP) is 3.05. The summed E-state index contributed by atoms with van der Waals surface area (Å²) in [4.78, 5) is 23.4. The van der Waals surface area contributed by atoms with Crippen LogP contribution in [0.2, 0.25) is 0 Å². The van der Waals surface area contributed by atoms with Gasteiger partial charge < -0.3 is 14.8 Å². The largest absolute Gasteiger partial charge is 0.448 e. The van der Waals surface area contributed by atoms with Crippen molar-refractivity contribution in [3.05, 3.63) is 18.0 Å². The number of hydrogen-bond acceptors (Lipinski definition) is 5. The Morgan fingerprint density at radius 1 is 1.39 bits per heavy atom. The van der Waals surface area contributed by atoms with E-state index in [1.165, 1.54) is 4.68 Å². The second-order valence-corrected chi connectivity index (χ2v) is 6.80. The fraction of sp³-hybridized carbons (Fsp3) is 0.688. The van der Waals surface area contributed by atoms with Crippen molar-refractivity contribution >= 4 is 12.2 Å². The zero-order chi connectivity index (χ0) is 17.0. The number of hydrogen-bond donors (Lipinski definition) is 1. The van der Waals surface area contributed by atoms with Crippen molar-refractivity contribution in [1.29, 1.82) is 0 Å². The number of amides is 1. The van der Waals surface area contributed by atoms with Crippen molar-refractivity contribution in [3.63, 3.8) is 0 Å². The molecule has 0 spiro atoms. The first-order valence-electron chi connectivity index (χ1n) is 8.00. The van der Waals surface area contributed by atoms with Crippen LogP contribution in [-0.4, -0.2) is 40.2 Å². The fourth-order valence-corrected chi connectivity index (χ4v) is 2.65. The minimum atomic E-state index is -0.478. The Balaban J connectivity index is 1.88. The van der Waals surface area contributed by atoms with Crippen LogP contribution in [-0.2, 0) is 9.47 Å². The molecule has 1 aromatic heterocycles. The van der Waals surface area contributed by atoms with Gasteiger partial charge in [0.05, 0.1) is 12.3 Å². The maximum absolute atomic E-state index is 11.8. The van der Waals surface area contributed by atoms with Crippen LogP contribution >= 0.6 is 0 Å². The number of carbonyl (C=O) groups is 2. The lowest BCUT2D eigenvalue weighted by atomic mass is 10.0. The first kappa shape index (κ1) is 17.3. The van der Waals surface area contributed by atoms with Crippen LogP contribution in [0.3, 0.4) is 0 Å². The molecule has 0 aliphatic heterocycles. The molecular formula is C16H25N3O4. The van der Waals surface area contributed by atoms with E-state index in [2.05, 4.69) is 10.4 Å². The van der Waals surface area contributed by atoms with Crippen molar-refractivity contribution in [2.45, 2.75) is 64.5 Å². The molecule has 2 rings (SSSR count). The van der Waals surface area contributed by atoms with E-state index in [1.807, 2.05) is 26.8 Å². The highest BCUT2D eigenvalue weighted by atomic mass is 16.6. The monoisotopic (exact) mass is 323 g/mol. The molecule has 0 bridgehead atoms. The molecule has 7 nitrogen and oxygen atoms in total. The van der Waals surface area contributed by atoms with Gasteiger partial charge in [0, 0.05) is 17.7 Å². The van der Waals surface area contributed by atoms with Gasteiger partial charge >= 0.3 is 12.2 Å². The van der Waals surface area contributed by atoms with E-state index >= 15 is 0 Å². The topological polar surface area (TPSA) is 82.5 Å². The fourth-order valence-electron chi connectivity index (χ4n) is 2.65. The third kappa shape index (κ3) is 4.97. The quantitative estimate of drug-likeness (QED) is 0.924. The summed E-state index contributed by atoms with van der Waals surface area (Å²) in [7, 11) is 0. The Bertz CT molecular complexity index is 562. The summed E-state index contributed by atoms with van der Waals surface area (Å²) < 4.78 is 11.6. The number of carbonyl (C=O) groups excluding carboxylic acids is 2. The molecular weight excluding hydrogens is 298 g/mol. The van der Waals surface area contributed by atoms with Crippen LogP contribution in [0.15, 0.2) is 12.3 Å². The Morgan fingerprint density at radius 2 is 2.13 bits per heavy atom. The zero-order valence-corrected chi connectivity index (χ0v) is 14.2. The number of rotatable bonds is 3. The average Bonchev–Trinajstić information content (AvgIpc) is 3.04. The van der Waals surface area contributed by atoms with Crippen LogP contribution in [0.1, 0.15) is 58.6 Å².